The van der Waals surface area contributed by atoms with Crippen molar-refractivity contribution in [1.29, 1.82) is 0 Å². The number of aliphatic hydroxyl groups is 1. The molecule has 2 rings (SSSR count). The van der Waals surface area contributed by atoms with Gasteiger partial charge in [-0.3, -0.25) is 10.1 Å². The fourth-order valence-electron chi connectivity index (χ4n) is 2.09. The highest BCUT2D eigenvalue weighted by Gasteiger charge is 2.22. The molecule has 0 bridgehead atoms. The van der Waals surface area contributed by atoms with Gasteiger partial charge >= 0.3 is 5.97 Å². The van der Waals surface area contributed by atoms with Crippen LogP contribution in [-0.2, 0) is 4.79 Å². The summed E-state index contributed by atoms with van der Waals surface area (Å²) >= 11 is 0. The Bertz CT molecular complexity index is 490. The molecular formula is C14H19NO5. The molecule has 1 aromatic carbocycles. The number of carboxylic acids is 1. The van der Waals surface area contributed by atoms with Gasteiger partial charge in [-0.25, -0.2) is 0 Å². The number of aliphatic hydroxyl groups excluding tert-OH is 1. The van der Waals surface area contributed by atoms with Crippen molar-refractivity contribution < 1.29 is 24.5 Å². The summed E-state index contributed by atoms with van der Waals surface area (Å²) in [5, 5.41) is 22.0. The summed E-state index contributed by atoms with van der Waals surface area (Å²) in [6, 6.07) is 4.10. The van der Waals surface area contributed by atoms with E-state index < -0.39 is 24.2 Å². The number of carboxylic acid groups (broad SMARTS) is 1. The first-order chi connectivity index (χ1) is 9.49. The van der Waals surface area contributed by atoms with Crippen LogP contribution in [0.1, 0.15) is 25.5 Å². The summed E-state index contributed by atoms with van der Waals surface area (Å²) in [6.45, 7) is 4.27. The van der Waals surface area contributed by atoms with E-state index in [1.165, 1.54) is 6.92 Å². The number of carbonyl (C=O) groups is 1. The van der Waals surface area contributed by atoms with E-state index in [2.05, 4.69) is 5.32 Å². The minimum Gasteiger partial charge on any atom is -0.486 e. The van der Waals surface area contributed by atoms with E-state index in [9.17, 15) is 9.90 Å². The normalized spacial score (nSPS) is 18.1. The molecule has 0 aliphatic carbocycles. The lowest BCUT2D eigenvalue weighted by Gasteiger charge is -2.24. The molecule has 1 aliphatic rings. The van der Waals surface area contributed by atoms with E-state index in [1.807, 2.05) is 0 Å². The van der Waals surface area contributed by atoms with E-state index in [4.69, 9.17) is 14.6 Å². The first-order valence-electron chi connectivity index (χ1n) is 6.55. The fraction of sp³-hybridized carbons (Fsp3) is 0.500. The third-order valence-electron chi connectivity index (χ3n) is 3.26. The Morgan fingerprint density at radius 2 is 1.90 bits per heavy atom. The van der Waals surface area contributed by atoms with Crippen LogP contribution in [0.15, 0.2) is 18.2 Å². The first-order valence-corrected chi connectivity index (χ1v) is 6.55. The van der Waals surface area contributed by atoms with E-state index in [1.54, 1.807) is 25.1 Å². The second-order valence-electron chi connectivity index (χ2n) is 4.86. The zero-order chi connectivity index (χ0) is 14.7. The van der Waals surface area contributed by atoms with Crippen LogP contribution < -0.4 is 14.8 Å². The molecule has 0 aromatic heterocycles. The minimum atomic E-state index is -0.953. The Morgan fingerprint density at radius 1 is 1.25 bits per heavy atom. The molecule has 0 amide bonds. The number of benzene rings is 1. The second kappa shape index (κ2) is 6.11. The summed E-state index contributed by atoms with van der Waals surface area (Å²) < 4.78 is 10.9. The van der Waals surface area contributed by atoms with Crippen molar-refractivity contribution in [2.75, 3.05) is 13.2 Å². The molecule has 3 N–H and O–H groups in total. The third-order valence-corrected chi connectivity index (χ3v) is 3.26. The van der Waals surface area contributed by atoms with Gasteiger partial charge in [0.2, 0.25) is 0 Å². The molecule has 0 radical (unpaired) electrons. The smallest absolute Gasteiger partial charge is 0.320 e. The summed E-state index contributed by atoms with van der Waals surface area (Å²) in [6.07, 6.45) is -0.826. The summed E-state index contributed by atoms with van der Waals surface area (Å²) in [5.74, 6) is 0.309. The van der Waals surface area contributed by atoms with Gasteiger partial charge in [0.05, 0.1) is 6.10 Å². The standard InChI is InChI=1S/C14H19NO5/c1-8(15-9(2)14(17)18)13(16)10-3-4-11-12(7-10)20-6-5-19-11/h3-4,7-9,13,15-16H,5-6H2,1-2H3,(H,17,18). The number of aliphatic carboxylic acids is 1. The van der Waals surface area contributed by atoms with Crippen molar-refractivity contribution in [1.82, 2.24) is 5.32 Å². The fourth-order valence-corrected chi connectivity index (χ4v) is 2.09. The van der Waals surface area contributed by atoms with Crippen LogP contribution in [0.2, 0.25) is 0 Å². The lowest BCUT2D eigenvalue weighted by atomic mass is 10.0. The van der Waals surface area contributed by atoms with Crippen LogP contribution in [0.3, 0.4) is 0 Å². The maximum Gasteiger partial charge on any atom is 0.320 e. The lowest BCUT2D eigenvalue weighted by molar-refractivity contribution is -0.139. The topological polar surface area (TPSA) is 88.0 Å². The number of hydrogen-bond acceptors (Lipinski definition) is 5. The van der Waals surface area contributed by atoms with Gasteiger partial charge in [-0.15, -0.1) is 0 Å². The Kier molecular flexibility index (Phi) is 4.46. The number of hydrogen-bond donors (Lipinski definition) is 3. The average molecular weight is 281 g/mol. The predicted molar refractivity (Wildman–Crippen MR) is 72.1 cm³/mol. The van der Waals surface area contributed by atoms with Gasteiger partial charge in [0.25, 0.3) is 0 Å². The van der Waals surface area contributed by atoms with Gasteiger partial charge in [-0.05, 0) is 31.5 Å². The van der Waals surface area contributed by atoms with E-state index >= 15 is 0 Å². The second-order valence-corrected chi connectivity index (χ2v) is 4.86. The summed E-state index contributed by atoms with van der Waals surface area (Å²) in [5.41, 5.74) is 0.659. The molecular weight excluding hydrogens is 262 g/mol. The number of rotatable bonds is 5. The Hall–Kier alpha value is -1.79. The summed E-state index contributed by atoms with van der Waals surface area (Å²) in [4.78, 5) is 10.8. The van der Waals surface area contributed by atoms with Gasteiger partial charge < -0.3 is 19.7 Å². The molecule has 6 nitrogen and oxygen atoms in total. The predicted octanol–water partition coefficient (Wildman–Crippen LogP) is 0.942. The molecule has 1 aliphatic heterocycles. The average Bonchev–Trinajstić information content (AvgIpc) is 2.45. The monoisotopic (exact) mass is 281 g/mol. The summed E-state index contributed by atoms with van der Waals surface area (Å²) in [7, 11) is 0. The molecule has 20 heavy (non-hydrogen) atoms. The molecule has 0 spiro atoms. The van der Waals surface area contributed by atoms with Crippen LogP contribution in [0.5, 0.6) is 11.5 Å². The van der Waals surface area contributed by atoms with Crippen molar-refractivity contribution in [2.24, 2.45) is 0 Å². The first kappa shape index (κ1) is 14.6. The largest absolute Gasteiger partial charge is 0.486 e. The number of fused-ring (bicyclic) bond motifs is 1. The molecule has 0 fully saturated rings. The van der Waals surface area contributed by atoms with Gasteiger partial charge in [0.15, 0.2) is 11.5 Å². The van der Waals surface area contributed by atoms with Crippen molar-refractivity contribution in [3.05, 3.63) is 23.8 Å². The molecule has 3 atom stereocenters. The van der Waals surface area contributed by atoms with Gasteiger partial charge in [0.1, 0.15) is 19.3 Å². The quantitative estimate of drug-likeness (QED) is 0.744. The highest BCUT2D eigenvalue weighted by atomic mass is 16.6. The van der Waals surface area contributed by atoms with Crippen molar-refractivity contribution in [3.8, 4) is 11.5 Å². The number of ether oxygens (including phenoxy) is 2. The molecule has 1 aromatic rings. The Morgan fingerprint density at radius 3 is 2.55 bits per heavy atom. The zero-order valence-corrected chi connectivity index (χ0v) is 11.5. The van der Waals surface area contributed by atoms with Gasteiger partial charge in [-0.2, -0.15) is 0 Å². The van der Waals surface area contributed by atoms with E-state index in [-0.39, 0.29) is 0 Å². The van der Waals surface area contributed by atoms with Crippen LogP contribution in [0, 0.1) is 0 Å². The molecule has 1 heterocycles. The maximum atomic E-state index is 10.8. The maximum absolute atomic E-state index is 10.8. The van der Waals surface area contributed by atoms with Gasteiger partial charge in [0, 0.05) is 6.04 Å². The van der Waals surface area contributed by atoms with Crippen LogP contribution in [-0.4, -0.2) is 41.5 Å². The zero-order valence-electron chi connectivity index (χ0n) is 11.5. The Balaban J connectivity index is 2.08. The van der Waals surface area contributed by atoms with Crippen molar-refractivity contribution in [3.63, 3.8) is 0 Å². The van der Waals surface area contributed by atoms with Gasteiger partial charge in [-0.1, -0.05) is 6.07 Å². The van der Waals surface area contributed by atoms with Crippen molar-refractivity contribution >= 4 is 5.97 Å². The lowest BCUT2D eigenvalue weighted by Crippen LogP contribution is -2.42. The molecule has 6 heteroatoms. The molecule has 0 saturated heterocycles. The van der Waals surface area contributed by atoms with E-state index in [0.29, 0.717) is 30.3 Å². The van der Waals surface area contributed by atoms with Crippen LogP contribution in [0.4, 0.5) is 0 Å². The highest BCUT2D eigenvalue weighted by Crippen LogP contribution is 2.33. The Labute approximate surface area is 117 Å². The van der Waals surface area contributed by atoms with Crippen molar-refractivity contribution in [2.45, 2.75) is 32.0 Å². The SMILES string of the molecule is CC(NC(C)C(O)c1ccc2c(c1)OCCO2)C(=O)O. The third kappa shape index (κ3) is 3.20. The molecule has 3 unspecified atom stereocenters. The van der Waals surface area contributed by atoms with Crippen LogP contribution in [0.25, 0.3) is 0 Å². The molecule has 0 saturated carbocycles. The molecule has 110 valence electrons. The highest BCUT2D eigenvalue weighted by molar-refractivity contribution is 5.72. The van der Waals surface area contributed by atoms with E-state index in [0.717, 1.165) is 0 Å². The minimum absolute atomic E-state index is 0.399. The number of nitrogens with one attached hydrogen (secondary N) is 1. The van der Waals surface area contributed by atoms with Crippen LogP contribution >= 0.6 is 0 Å².